The third-order valence-corrected chi connectivity index (χ3v) is 4.21. The number of carbonyl (C=O) groups excluding carboxylic acids is 1. The van der Waals surface area contributed by atoms with Crippen LogP contribution in [-0.4, -0.2) is 37.6 Å². The van der Waals surface area contributed by atoms with E-state index in [9.17, 15) is 9.18 Å². The second-order valence-corrected chi connectivity index (χ2v) is 5.71. The number of hydrogen-bond donors (Lipinski definition) is 0. The third kappa shape index (κ3) is 3.57. The van der Waals surface area contributed by atoms with Crippen LogP contribution in [0.4, 0.5) is 4.39 Å². The van der Waals surface area contributed by atoms with E-state index in [-0.39, 0.29) is 18.1 Å². The van der Waals surface area contributed by atoms with E-state index >= 15 is 0 Å². The van der Waals surface area contributed by atoms with Crippen molar-refractivity contribution in [1.82, 2.24) is 4.90 Å². The van der Waals surface area contributed by atoms with Crippen molar-refractivity contribution in [2.45, 2.75) is 12.5 Å². The number of ether oxygens (including phenoxy) is 2. The number of hydrogen-bond acceptors (Lipinski definition) is 3. The maximum Gasteiger partial charge on any atom is 0.227 e. The highest BCUT2D eigenvalue weighted by molar-refractivity contribution is 5.79. The Hall–Kier alpha value is -2.40. The number of amides is 1. The van der Waals surface area contributed by atoms with E-state index in [1.54, 1.807) is 30.2 Å². The summed E-state index contributed by atoms with van der Waals surface area (Å²) < 4.78 is 24.9. The van der Waals surface area contributed by atoms with E-state index in [4.69, 9.17) is 9.47 Å². The molecule has 1 aliphatic heterocycles. The average Bonchev–Trinajstić information content (AvgIpc) is 2.62. The van der Waals surface area contributed by atoms with Crippen molar-refractivity contribution in [1.29, 1.82) is 0 Å². The van der Waals surface area contributed by atoms with E-state index in [2.05, 4.69) is 0 Å². The van der Waals surface area contributed by atoms with Crippen LogP contribution in [0.15, 0.2) is 48.5 Å². The number of carbonyl (C=O) groups is 1. The predicted octanol–water partition coefficient (Wildman–Crippen LogP) is 2.98. The smallest absolute Gasteiger partial charge is 0.227 e. The standard InChI is InChI=1S/C19H20FNO3/c1-23-17-9-5-2-6-14(17)12-19(22)21-10-11-24-18(13-21)15-7-3-4-8-16(15)20/h2-9,18H,10-13H2,1H3. The van der Waals surface area contributed by atoms with Crippen molar-refractivity contribution in [3.63, 3.8) is 0 Å². The SMILES string of the molecule is COc1ccccc1CC(=O)N1CCOC(c2ccccc2F)C1. The van der Waals surface area contributed by atoms with Crippen molar-refractivity contribution >= 4 is 5.91 Å². The van der Waals surface area contributed by atoms with Crippen molar-refractivity contribution in [3.05, 3.63) is 65.5 Å². The van der Waals surface area contributed by atoms with E-state index in [0.29, 0.717) is 31.0 Å². The molecule has 1 unspecified atom stereocenters. The van der Waals surface area contributed by atoms with E-state index in [0.717, 1.165) is 5.56 Å². The molecule has 0 N–H and O–H groups in total. The molecule has 0 radical (unpaired) electrons. The van der Waals surface area contributed by atoms with Gasteiger partial charge in [-0.3, -0.25) is 4.79 Å². The molecule has 1 atom stereocenters. The molecular weight excluding hydrogens is 309 g/mol. The summed E-state index contributed by atoms with van der Waals surface area (Å²) in [4.78, 5) is 14.3. The van der Waals surface area contributed by atoms with Crippen molar-refractivity contribution < 1.29 is 18.7 Å². The van der Waals surface area contributed by atoms with Gasteiger partial charge in [-0.15, -0.1) is 0 Å². The Morgan fingerprint density at radius 1 is 1.25 bits per heavy atom. The summed E-state index contributed by atoms with van der Waals surface area (Å²) in [5.41, 5.74) is 1.34. The summed E-state index contributed by atoms with van der Waals surface area (Å²) in [7, 11) is 1.59. The summed E-state index contributed by atoms with van der Waals surface area (Å²) in [6, 6.07) is 14.0. The van der Waals surface area contributed by atoms with Crippen LogP contribution in [0.2, 0.25) is 0 Å². The molecule has 3 rings (SSSR count). The van der Waals surface area contributed by atoms with Gasteiger partial charge in [-0.1, -0.05) is 36.4 Å². The molecule has 0 bridgehead atoms. The van der Waals surface area contributed by atoms with Gasteiger partial charge in [-0.05, 0) is 12.1 Å². The maximum absolute atomic E-state index is 13.9. The maximum atomic E-state index is 13.9. The molecule has 2 aromatic carbocycles. The fourth-order valence-corrected chi connectivity index (χ4v) is 2.92. The molecule has 1 saturated heterocycles. The summed E-state index contributed by atoms with van der Waals surface area (Å²) in [6.45, 7) is 1.27. The van der Waals surface area contributed by atoms with Gasteiger partial charge < -0.3 is 14.4 Å². The third-order valence-electron chi connectivity index (χ3n) is 4.21. The Balaban J connectivity index is 1.70. The van der Waals surface area contributed by atoms with Crippen LogP contribution < -0.4 is 4.74 Å². The van der Waals surface area contributed by atoms with Gasteiger partial charge >= 0.3 is 0 Å². The second kappa shape index (κ2) is 7.45. The lowest BCUT2D eigenvalue weighted by atomic mass is 10.1. The van der Waals surface area contributed by atoms with Crippen molar-refractivity contribution in [2.75, 3.05) is 26.8 Å². The van der Waals surface area contributed by atoms with Gasteiger partial charge in [0.2, 0.25) is 5.91 Å². The minimum absolute atomic E-state index is 0.0101. The highest BCUT2D eigenvalue weighted by atomic mass is 19.1. The first-order valence-electron chi connectivity index (χ1n) is 7.94. The zero-order valence-electron chi connectivity index (χ0n) is 13.6. The van der Waals surface area contributed by atoms with E-state index < -0.39 is 6.10 Å². The van der Waals surface area contributed by atoms with Crippen LogP contribution in [-0.2, 0) is 16.0 Å². The monoisotopic (exact) mass is 329 g/mol. The zero-order valence-corrected chi connectivity index (χ0v) is 13.6. The number of morpholine rings is 1. The Morgan fingerprint density at radius 3 is 2.79 bits per heavy atom. The molecule has 0 aliphatic carbocycles. The predicted molar refractivity (Wildman–Crippen MR) is 88.4 cm³/mol. The summed E-state index contributed by atoms with van der Waals surface area (Å²) in [5, 5.41) is 0. The Morgan fingerprint density at radius 2 is 2.00 bits per heavy atom. The van der Waals surface area contributed by atoms with E-state index in [1.807, 2.05) is 24.3 Å². The first kappa shape index (κ1) is 16.5. The number of rotatable bonds is 4. The number of benzene rings is 2. The van der Waals surface area contributed by atoms with Crippen LogP contribution >= 0.6 is 0 Å². The van der Waals surface area contributed by atoms with Crippen molar-refractivity contribution in [3.8, 4) is 5.75 Å². The topological polar surface area (TPSA) is 38.8 Å². The van der Waals surface area contributed by atoms with E-state index in [1.165, 1.54) is 6.07 Å². The lowest BCUT2D eigenvalue weighted by Gasteiger charge is -2.33. The van der Waals surface area contributed by atoms with Gasteiger partial charge in [0.1, 0.15) is 17.7 Å². The van der Waals surface area contributed by atoms with Crippen LogP contribution in [0.25, 0.3) is 0 Å². The normalized spacial score (nSPS) is 17.6. The quantitative estimate of drug-likeness (QED) is 0.866. The average molecular weight is 329 g/mol. The molecule has 1 fully saturated rings. The van der Waals surface area contributed by atoms with Gasteiger partial charge in [0.25, 0.3) is 0 Å². The van der Waals surface area contributed by atoms with Crippen molar-refractivity contribution in [2.24, 2.45) is 0 Å². The second-order valence-electron chi connectivity index (χ2n) is 5.71. The van der Waals surface area contributed by atoms with Crippen LogP contribution in [0.3, 0.4) is 0 Å². The minimum Gasteiger partial charge on any atom is -0.496 e. The molecule has 1 heterocycles. The van der Waals surface area contributed by atoms with Gasteiger partial charge in [0.15, 0.2) is 0 Å². The molecule has 0 spiro atoms. The highest BCUT2D eigenvalue weighted by Gasteiger charge is 2.27. The number of para-hydroxylation sites is 1. The molecule has 4 nitrogen and oxygen atoms in total. The minimum atomic E-state index is -0.429. The molecule has 1 aliphatic rings. The van der Waals surface area contributed by atoms with Crippen LogP contribution in [0, 0.1) is 5.82 Å². The molecular formula is C19H20FNO3. The lowest BCUT2D eigenvalue weighted by Crippen LogP contribution is -2.43. The summed E-state index contributed by atoms with van der Waals surface area (Å²) in [5.74, 6) is 0.385. The zero-order chi connectivity index (χ0) is 16.9. The Labute approximate surface area is 140 Å². The molecule has 2 aromatic rings. The Bertz CT molecular complexity index is 719. The fraction of sp³-hybridized carbons (Fsp3) is 0.316. The van der Waals surface area contributed by atoms with Crippen LogP contribution in [0.5, 0.6) is 5.75 Å². The van der Waals surface area contributed by atoms with Gasteiger partial charge in [-0.25, -0.2) is 4.39 Å². The Kier molecular flexibility index (Phi) is 5.11. The first-order chi connectivity index (χ1) is 11.7. The molecule has 24 heavy (non-hydrogen) atoms. The number of halogens is 1. The highest BCUT2D eigenvalue weighted by Crippen LogP contribution is 2.25. The molecule has 0 aromatic heterocycles. The first-order valence-corrected chi connectivity index (χ1v) is 7.94. The molecule has 5 heteroatoms. The number of methoxy groups -OCH3 is 1. The number of nitrogens with zero attached hydrogens (tertiary/aromatic N) is 1. The molecule has 126 valence electrons. The summed E-state index contributed by atoms with van der Waals surface area (Å²) in [6.07, 6.45) is -0.171. The molecule has 0 saturated carbocycles. The largest absolute Gasteiger partial charge is 0.496 e. The molecule has 1 amide bonds. The van der Waals surface area contributed by atoms with Gasteiger partial charge in [-0.2, -0.15) is 0 Å². The summed E-state index contributed by atoms with van der Waals surface area (Å²) >= 11 is 0. The van der Waals surface area contributed by atoms with Gasteiger partial charge in [0.05, 0.1) is 26.7 Å². The fourth-order valence-electron chi connectivity index (χ4n) is 2.92. The lowest BCUT2D eigenvalue weighted by molar-refractivity contribution is -0.138. The van der Waals surface area contributed by atoms with Crippen LogP contribution in [0.1, 0.15) is 17.2 Å². The van der Waals surface area contributed by atoms with Gasteiger partial charge in [0, 0.05) is 17.7 Å².